The molecule has 0 unspecified atom stereocenters. The molecule has 1 amide bonds. The monoisotopic (exact) mass is 316 g/mol. The van der Waals surface area contributed by atoms with Gasteiger partial charge in [0.1, 0.15) is 12.7 Å². The van der Waals surface area contributed by atoms with E-state index in [1.807, 2.05) is 19.2 Å². The second kappa shape index (κ2) is 6.56. The number of ether oxygens (including phenoxy) is 1. The van der Waals surface area contributed by atoms with Crippen molar-refractivity contribution in [2.75, 3.05) is 30.4 Å². The lowest BCUT2D eigenvalue weighted by atomic mass is 10.0. The molecule has 0 aromatic heterocycles. The Morgan fingerprint density at radius 3 is 2.86 bits per heavy atom. The predicted molar refractivity (Wildman–Crippen MR) is 78.1 cm³/mol. The number of hydrogen-bond acceptors (Lipinski definition) is 3. The molecule has 22 heavy (non-hydrogen) atoms. The van der Waals surface area contributed by atoms with Gasteiger partial charge in [-0.05, 0) is 43.5 Å². The van der Waals surface area contributed by atoms with Crippen LogP contribution in [0.5, 0.6) is 0 Å². The Hall–Kier alpha value is -1.76. The van der Waals surface area contributed by atoms with Gasteiger partial charge in [0.2, 0.25) is 0 Å². The van der Waals surface area contributed by atoms with E-state index < -0.39 is 24.8 Å². The predicted octanol–water partition coefficient (Wildman–Crippen LogP) is 2.97. The van der Waals surface area contributed by atoms with Gasteiger partial charge >= 0.3 is 6.18 Å². The summed E-state index contributed by atoms with van der Waals surface area (Å²) in [4.78, 5) is 14.0. The molecule has 1 heterocycles. The Bertz CT molecular complexity index is 546. The number of amides is 1. The van der Waals surface area contributed by atoms with Gasteiger partial charge in [-0.1, -0.05) is 0 Å². The van der Waals surface area contributed by atoms with Gasteiger partial charge in [0.05, 0.1) is 0 Å². The van der Waals surface area contributed by atoms with Crippen LogP contribution in [-0.2, 0) is 16.0 Å². The first-order valence-electron chi connectivity index (χ1n) is 7.09. The van der Waals surface area contributed by atoms with Crippen LogP contribution in [0.4, 0.5) is 24.5 Å². The molecule has 0 saturated heterocycles. The minimum atomic E-state index is -4.44. The molecule has 1 aliphatic heterocycles. The SMILES string of the molecule is C[C@@H](OCC(F)(F)F)C(=O)Nc1ccc2c(c1)CCCN2C. The van der Waals surface area contributed by atoms with Gasteiger partial charge in [-0.25, -0.2) is 0 Å². The van der Waals surface area contributed by atoms with Crippen LogP contribution in [0.3, 0.4) is 0 Å². The zero-order chi connectivity index (χ0) is 16.3. The topological polar surface area (TPSA) is 41.6 Å². The van der Waals surface area contributed by atoms with Crippen LogP contribution in [0.15, 0.2) is 18.2 Å². The fourth-order valence-corrected chi connectivity index (χ4v) is 2.40. The zero-order valence-corrected chi connectivity index (χ0v) is 12.5. The minimum Gasteiger partial charge on any atom is -0.374 e. The number of nitrogens with zero attached hydrogens (tertiary/aromatic N) is 1. The Morgan fingerprint density at radius 1 is 1.45 bits per heavy atom. The van der Waals surface area contributed by atoms with Crippen LogP contribution in [0, 0.1) is 0 Å². The van der Waals surface area contributed by atoms with Crippen LogP contribution in [0.25, 0.3) is 0 Å². The number of nitrogens with one attached hydrogen (secondary N) is 1. The molecule has 1 atom stereocenters. The molecule has 7 heteroatoms. The summed E-state index contributed by atoms with van der Waals surface area (Å²) in [7, 11) is 2.00. The molecular weight excluding hydrogens is 297 g/mol. The van der Waals surface area contributed by atoms with Crippen molar-refractivity contribution in [1.82, 2.24) is 0 Å². The van der Waals surface area contributed by atoms with Gasteiger partial charge in [0.15, 0.2) is 0 Å². The molecule has 1 aromatic rings. The van der Waals surface area contributed by atoms with E-state index in [0.717, 1.165) is 30.6 Å². The van der Waals surface area contributed by atoms with E-state index in [2.05, 4.69) is 15.0 Å². The third-order valence-electron chi connectivity index (χ3n) is 3.56. The third kappa shape index (κ3) is 4.37. The molecule has 2 rings (SSSR count). The van der Waals surface area contributed by atoms with Crippen molar-refractivity contribution >= 4 is 17.3 Å². The summed E-state index contributed by atoms with van der Waals surface area (Å²) in [5.41, 5.74) is 2.81. The van der Waals surface area contributed by atoms with Crippen LogP contribution in [0.2, 0.25) is 0 Å². The average Bonchev–Trinajstić information content (AvgIpc) is 2.44. The molecule has 1 aromatic carbocycles. The highest BCUT2D eigenvalue weighted by molar-refractivity contribution is 5.94. The molecule has 4 nitrogen and oxygen atoms in total. The number of carbonyl (C=O) groups is 1. The van der Waals surface area contributed by atoms with Gasteiger partial charge in [0, 0.05) is 25.0 Å². The van der Waals surface area contributed by atoms with E-state index in [-0.39, 0.29) is 0 Å². The summed E-state index contributed by atoms with van der Waals surface area (Å²) in [6.45, 7) is 0.852. The van der Waals surface area contributed by atoms with Gasteiger partial charge in [-0.2, -0.15) is 13.2 Å². The molecule has 1 aliphatic rings. The summed E-state index contributed by atoms with van der Waals surface area (Å²) in [6.07, 6.45) is -3.65. The fraction of sp³-hybridized carbons (Fsp3) is 0.533. The molecule has 0 bridgehead atoms. The highest BCUT2D eigenvalue weighted by atomic mass is 19.4. The smallest absolute Gasteiger partial charge is 0.374 e. The van der Waals surface area contributed by atoms with Gasteiger partial charge in [-0.15, -0.1) is 0 Å². The molecule has 0 saturated carbocycles. The lowest BCUT2D eigenvalue weighted by Crippen LogP contribution is -2.31. The summed E-state index contributed by atoms with van der Waals surface area (Å²) in [6, 6.07) is 5.51. The second-order valence-electron chi connectivity index (χ2n) is 5.43. The molecule has 0 radical (unpaired) electrons. The summed E-state index contributed by atoms with van der Waals surface area (Å²) in [5, 5.41) is 2.59. The van der Waals surface area contributed by atoms with Gasteiger partial charge in [0.25, 0.3) is 5.91 Å². The highest BCUT2D eigenvalue weighted by Crippen LogP contribution is 2.28. The Morgan fingerprint density at radius 2 is 2.18 bits per heavy atom. The molecule has 0 spiro atoms. The summed E-state index contributed by atoms with van der Waals surface area (Å²) >= 11 is 0. The van der Waals surface area contributed by atoms with Crippen LogP contribution >= 0.6 is 0 Å². The van der Waals surface area contributed by atoms with Crippen molar-refractivity contribution < 1.29 is 22.7 Å². The van der Waals surface area contributed by atoms with E-state index in [1.165, 1.54) is 6.92 Å². The second-order valence-corrected chi connectivity index (χ2v) is 5.43. The number of aryl methyl sites for hydroxylation is 1. The van der Waals surface area contributed by atoms with Crippen molar-refractivity contribution in [2.24, 2.45) is 0 Å². The largest absolute Gasteiger partial charge is 0.411 e. The van der Waals surface area contributed by atoms with Crippen LogP contribution < -0.4 is 10.2 Å². The van der Waals surface area contributed by atoms with Crippen LogP contribution in [0.1, 0.15) is 18.9 Å². The van der Waals surface area contributed by atoms with Crippen molar-refractivity contribution in [3.05, 3.63) is 23.8 Å². The maximum Gasteiger partial charge on any atom is 0.411 e. The zero-order valence-electron chi connectivity index (χ0n) is 12.5. The number of hydrogen-bond donors (Lipinski definition) is 1. The first kappa shape index (κ1) is 16.6. The first-order chi connectivity index (χ1) is 10.3. The quantitative estimate of drug-likeness (QED) is 0.928. The highest BCUT2D eigenvalue weighted by Gasteiger charge is 2.30. The fourth-order valence-electron chi connectivity index (χ4n) is 2.40. The number of alkyl halides is 3. The molecule has 0 fully saturated rings. The van der Waals surface area contributed by atoms with Crippen molar-refractivity contribution in [2.45, 2.75) is 32.0 Å². The van der Waals surface area contributed by atoms with Gasteiger partial charge < -0.3 is 15.0 Å². The van der Waals surface area contributed by atoms with Crippen molar-refractivity contribution in [1.29, 1.82) is 0 Å². The van der Waals surface area contributed by atoms with E-state index in [9.17, 15) is 18.0 Å². The lowest BCUT2D eigenvalue weighted by Gasteiger charge is -2.28. The van der Waals surface area contributed by atoms with E-state index in [4.69, 9.17) is 0 Å². The van der Waals surface area contributed by atoms with E-state index in [1.54, 1.807) is 6.07 Å². The Kier molecular flexibility index (Phi) is 4.95. The number of halogens is 3. The lowest BCUT2D eigenvalue weighted by molar-refractivity contribution is -0.184. The summed E-state index contributed by atoms with van der Waals surface area (Å²) < 4.78 is 40.7. The standard InChI is InChI=1S/C15H19F3N2O2/c1-10(22-9-15(16,17)18)14(21)19-12-5-6-13-11(8-12)4-3-7-20(13)2/h5-6,8,10H,3-4,7,9H2,1-2H3,(H,19,21)/t10-/m1/s1. The Labute approximate surface area is 127 Å². The Balaban J connectivity index is 1.97. The van der Waals surface area contributed by atoms with Crippen molar-refractivity contribution in [3.63, 3.8) is 0 Å². The van der Waals surface area contributed by atoms with Crippen molar-refractivity contribution in [3.8, 4) is 0 Å². The average molecular weight is 316 g/mol. The van der Waals surface area contributed by atoms with Crippen LogP contribution in [-0.4, -0.2) is 38.4 Å². The normalized spacial score (nSPS) is 16.1. The molecule has 1 N–H and O–H groups in total. The third-order valence-corrected chi connectivity index (χ3v) is 3.56. The number of anilines is 2. The molecule has 0 aliphatic carbocycles. The first-order valence-corrected chi connectivity index (χ1v) is 7.09. The van der Waals surface area contributed by atoms with Gasteiger partial charge in [-0.3, -0.25) is 4.79 Å². The van der Waals surface area contributed by atoms with E-state index >= 15 is 0 Å². The minimum absolute atomic E-state index is 0.571. The molecular formula is C15H19F3N2O2. The maximum atomic E-state index is 12.1. The maximum absolute atomic E-state index is 12.1. The number of fused-ring (bicyclic) bond motifs is 1. The number of rotatable bonds is 4. The number of carbonyl (C=O) groups excluding carboxylic acids is 1. The van der Waals surface area contributed by atoms with E-state index in [0.29, 0.717) is 5.69 Å². The number of benzene rings is 1. The summed E-state index contributed by atoms with van der Waals surface area (Å²) in [5.74, 6) is -0.589. The molecule has 122 valence electrons.